The third-order valence-corrected chi connectivity index (χ3v) is 4.31. The molecule has 0 saturated heterocycles. The van der Waals surface area contributed by atoms with Gasteiger partial charge in [-0.3, -0.25) is 4.79 Å². The van der Waals surface area contributed by atoms with E-state index in [1.807, 2.05) is 0 Å². The summed E-state index contributed by atoms with van der Waals surface area (Å²) in [5, 5.41) is 31.9. The third-order valence-electron chi connectivity index (χ3n) is 4.31. The third kappa shape index (κ3) is 5.48. The van der Waals surface area contributed by atoms with Gasteiger partial charge in [0.15, 0.2) is 17.2 Å². The fraction of sp³-hybridized carbons (Fsp3) is 0.0909. The number of amides is 1. The van der Waals surface area contributed by atoms with Crippen molar-refractivity contribution in [1.29, 1.82) is 0 Å². The number of hydrogen-bond donors (Lipinski definition) is 4. The molecule has 3 rings (SSSR count). The standard InChI is InChI=1S/C22H17F3N2O5/c23-22(24,25)17-4-2-1-3-14(17)12-32-16-7-5-13(6-8-16)11-26-27-21(31)15-9-18(28)20(30)19(29)10-15/h1-11,28-30H,12H2,(H,27,31)/b26-11+. The Balaban J connectivity index is 1.58. The largest absolute Gasteiger partial charge is 0.504 e. The number of hydrazone groups is 1. The Bertz CT molecular complexity index is 1120. The second-order valence-electron chi connectivity index (χ2n) is 6.57. The van der Waals surface area contributed by atoms with Gasteiger partial charge in [0.2, 0.25) is 0 Å². The lowest BCUT2D eigenvalue weighted by molar-refractivity contribution is -0.138. The maximum absolute atomic E-state index is 13.0. The van der Waals surface area contributed by atoms with Crippen LogP contribution in [0.15, 0.2) is 65.8 Å². The molecule has 0 atom stereocenters. The maximum Gasteiger partial charge on any atom is 0.416 e. The van der Waals surface area contributed by atoms with Crippen LogP contribution in [0.5, 0.6) is 23.0 Å². The van der Waals surface area contributed by atoms with E-state index < -0.39 is 34.9 Å². The predicted molar refractivity (Wildman–Crippen MR) is 109 cm³/mol. The van der Waals surface area contributed by atoms with Gasteiger partial charge >= 0.3 is 6.18 Å². The van der Waals surface area contributed by atoms with Gasteiger partial charge in [-0.2, -0.15) is 18.3 Å². The lowest BCUT2D eigenvalue weighted by atomic mass is 10.1. The van der Waals surface area contributed by atoms with Crippen molar-refractivity contribution < 1.29 is 38.0 Å². The highest BCUT2D eigenvalue weighted by Crippen LogP contribution is 2.35. The predicted octanol–water partition coefficient (Wildman–Crippen LogP) is 4.17. The van der Waals surface area contributed by atoms with E-state index in [1.54, 1.807) is 12.1 Å². The molecule has 0 aliphatic heterocycles. The minimum atomic E-state index is -4.47. The van der Waals surface area contributed by atoms with Crippen LogP contribution in [0, 0.1) is 0 Å². The molecule has 3 aromatic carbocycles. The Morgan fingerprint density at radius 1 is 1.00 bits per heavy atom. The van der Waals surface area contributed by atoms with Gasteiger partial charge in [0, 0.05) is 11.1 Å². The number of hydrogen-bond acceptors (Lipinski definition) is 6. The number of carbonyl (C=O) groups excluding carboxylic acids is 1. The molecular formula is C22H17F3N2O5. The summed E-state index contributed by atoms with van der Waals surface area (Å²) in [7, 11) is 0. The molecule has 0 aliphatic carbocycles. The summed E-state index contributed by atoms with van der Waals surface area (Å²) in [6.45, 7) is -0.258. The first-order valence-electron chi connectivity index (χ1n) is 9.11. The van der Waals surface area contributed by atoms with Gasteiger partial charge in [0.25, 0.3) is 5.91 Å². The monoisotopic (exact) mass is 446 g/mol. The first kappa shape index (κ1) is 22.5. The number of halogens is 3. The summed E-state index contributed by atoms with van der Waals surface area (Å²) in [6, 6.07) is 13.3. The van der Waals surface area contributed by atoms with Crippen molar-refractivity contribution in [2.45, 2.75) is 12.8 Å². The van der Waals surface area contributed by atoms with Crippen molar-refractivity contribution in [2.75, 3.05) is 0 Å². The molecule has 0 fully saturated rings. The summed E-state index contributed by atoms with van der Waals surface area (Å²) in [5.74, 6) is -2.46. The number of phenols is 3. The van der Waals surface area contributed by atoms with Gasteiger partial charge in [0.05, 0.1) is 11.8 Å². The second kappa shape index (κ2) is 9.29. The minimum Gasteiger partial charge on any atom is -0.504 e. The van der Waals surface area contributed by atoms with E-state index in [1.165, 1.54) is 36.5 Å². The van der Waals surface area contributed by atoms with Crippen LogP contribution in [0.3, 0.4) is 0 Å². The number of nitrogens with one attached hydrogen (secondary N) is 1. The van der Waals surface area contributed by atoms with Gasteiger partial charge in [-0.25, -0.2) is 5.43 Å². The smallest absolute Gasteiger partial charge is 0.416 e. The lowest BCUT2D eigenvalue weighted by Gasteiger charge is -2.13. The van der Waals surface area contributed by atoms with Crippen LogP contribution in [-0.4, -0.2) is 27.4 Å². The van der Waals surface area contributed by atoms with Crippen LogP contribution in [0.2, 0.25) is 0 Å². The van der Waals surface area contributed by atoms with E-state index in [0.29, 0.717) is 11.3 Å². The molecule has 3 aromatic rings. The molecule has 0 radical (unpaired) electrons. The normalized spacial score (nSPS) is 11.5. The number of rotatable bonds is 6. The van der Waals surface area contributed by atoms with E-state index in [0.717, 1.165) is 18.2 Å². The van der Waals surface area contributed by atoms with Gasteiger partial charge in [-0.05, 0) is 48.0 Å². The number of aromatic hydroxyl groups is 3. The Kier molecular flexibility index (Phi) is 6.53. The average molecular weight is 446 g/mol. The molecule has 0 aromatic heterocycles. The van der Waals surface area contributed by atoms with E-state index in [4.69, 9.17) is 4.74 Å². The van der Waals surface area contributed by atoms with Crippen molar-refractivity contribution in [1.82, 2.24) is 5.43 Å². The lowest BCUT2D eigenvalue weighted by Crippen LogP contribution is -2.17. The number of benzene rings is 3. The van der Waals surface area contributed by atoms with Crippen molar-refractivity contribution >= 4 is 12.1 Å². The van der Waals surface area contributed by atoms with Crippen LogP contribution < -0.4 is 10.2 Å². The van der Waals surface area contributed by atoms with Crippen LogP contribution in [0.4, 0.5) is 13.2 Å². The zero-order chi connectivity index (χ0) is 23.3. The summed E-state index contributed by atoms with van der Waals surface area (Å²) in [4.78, 5) is 12.0. The van der Waals surface area contributed by atoms with Crippen molar-refractivity contribution in [2.24, 2.45) is 5.10 Å². The summed E-state index contributed by atoms with van der Waals surface area (Å²) in [6.07, 6.45) is -3.16. The summed E-state index contributed by atoms with van der Waals surface area (Å²) in [5.41, 5.74) is 1.88. The van der Waals surface area contributed by atoms with E-state index in [-0.39, 0.29) is 17.7 Å². The molecule has 0 saturated carbocycles. The Labute approximate surface area is 180 Å². The number of nitrogens with zero attached hydrogens (tertiary/aromatic N) is 1. The zero-order valence-electron chi connectivity index (χ0n) is 16.3. The second-order valence-corrected chi connectivity index (χ2v) is 6.57. The van der Waals surface area contributed by atoms with Crippen molar-refractivity contribution in [3.8, 4) is 23.0 Å². The first-order valence-corrected chi connectivity index (χ1v) is 9.11. The van der Waals surface area contributed by atoms with E-state index >= 15 is 0 Å². The minimum absolute atomic E-state index is 0.0136. The van der Waals surface area contributed by atoms with Crippen LogP contribution in [0.25, 0.3) is 0 Å². The fourth-order valence-electron chi connectivity index (χ4n) is 2.70. The number of carbonyl (C=O) groups is 1. The van der Waals surface area contributed by atoms with Gasteiger partial charge < -0.3 is 20.1 Å². The highest BCUT2D eigenvalue weighted by Gasteiger charge is 2.32. The molecule has 1 amide bonds. The molecule has 0 bridgehead atoms. The van der Waals surface area contributed by atoms with Gasteiger partial charge in [0.1, 0.15) is 12.4 Å². The number of phenolic OH excluding ortho intramolecular Hbond substituents is 3. The van der Waals surface area contributed by atoms with E-state index in [9.17, 15) is 33.3 Å². The quantitative estimate of drug-likeness (QED) is 0.258. The molecule has 4 N–H and O–H groups in total. The number of alkyl halides is 3. The van der Waals surface area contributed by atoms with Crippen LogP contribution in [-0.2, 0) is 12.8 Å². The van der Waals surface area contributed by atoms with Crippen molar-refractivity contribution in [3.05, 3.63) is 82.9 Å². The molecular weight excluding hydrogens is 429 g/mol. The van der Waals surface area contributed by atoms with Crippen LogP contribution in [0.1, 0.15) is 27.0 Å². The molecule has 10 heteroatoms. The molecule has 0 heterocycles. The summed E-state index contributed by atoms with van der Waals surface area (Å²) < 4.78 is 44.5. The van der Waals surface area contributed by atoms with Gasteiger partial charge in [-0.15, -0.1) is 0 Å². The molecule has 166 valence electrons. The SMILES string of the molecule is O=C(N/N=C/c1ccc(OCc2ccccc2C(F)(F)F)cc1)c1cc(O)c(O)c(O)c1. The zero-order valence-corrected chi connectivity index (χ0v) is 16.3. The highest BCUT2D eigenvalue weighted by atomic mass is 19.4. The van der Waals surface area contributed by atoms with Crippen molar-refractivity contribution in [3.63, 3.8) is 0 Å². The molecule has 0 unspecified atom stereocenters. The summed E-state index contributed by atoms with van der Waals surface area (Å²) >= 11 is 0. The highest BCUT2D eigenvalue weighted by molar-refractivity contribution is 5.96. The Morgan fingerprint density at radius 3 is 2.25 bits per heavy atom. The fourth-order valence-corrected chi connectivity index (χ4v) is 2.70. The molecule has 7 nitrogen and oxygen atoms in total. The Hall–Kier alpha value is -4.21. The van der Waals surface area contributed by atoms with E-state index in [2.05, 4.69) is 10.5 Å². The maximum atomic E-state index is 13.0. The molecule has 0 aliphatic rings. The topological polar surface area (TPSA) is 111 Å². The Morgan fingerprint density at radius 2 is 1.62 bits per heavy atom. The first-order chi connectivity index (χ1) is 15.1. The average Bonchev–Trinajstić information content (AvgIpc) is 2.76. The number of ether oxygens (including phenoxy) is 1. The molecule has 0 spiro atoms. The molecule has 32 heavy (non-hydrogen) atoms. The van der Waals surface area contributed by atoms with Crippen LogP contribution >= 0.6 is 0 Å². The van der Waals surface area contributed by atoms with Gasteiger partial charge in [-0.1, -0.05) is 18.2 Å².